The molecule has 3 aromatic rings. The first-order chi connectivity index (χ1) is 19.8. The van der Waals surface area contributed by atoms with Crippen molar-refractivity contribution in [2.24, 2.45) is 0 Å². The van der Waals surface area contributed by atoms with Crippen molar-refractivity contribution in [2.75, 3.05) is 17.1 Å². The van der Waals surface area contributed by atoms with E-state index in [1.165, 1.54) is 10.6 Å². The number of aryl methyl sites for hydroxylation is 2. The molecule has 0 saturated heterocycles. The van der Waals surface area contributed by atoms with Gasteiger partial charge >= 0.3 is 0 Å². The average Bonchev–Trinajstić information content (AvgIpc) is 2.91. The standard InChI is InChI=1S/C32H39Cl2N3O4S/c1-22(2)35-32(39)30(20-25-10-7-6-8-11-25)36(21-26-15-16-27(33)28(34)19-26)31(38)12-9-17-37(42(5,40)41)29-18-23(3)13-14-24(29)4/h6-8,10-11,13-16,18-19,22,30H,9,12,17,20-21H2,1-5H3,(H,35,39). The maximum absolute atomic E-state index is 13.9. The Hall–Kier alpha value is -3.07. The maximum atomic E-state index is 13.9. The number of anilines is 1. The zero-order valence-electron chi connectivity index (χ0n) is 24.7. The highest BCUT2D eigenvalue weighted by Gasteiger charge is 2.31. The van der Waals surface area contributed by atoms with Crippen LogP contribution in [0.4, 0.5) is 5.69 Å². The van der Waals surface area contributed by atoms with Crippen LogP contribution in [0.5, 0.6) is 0 Å². The largest absolute Gasteiger partial charge is 0.352 e. The molecule has 0 radical (unpaired) electrons. The molecule has 0 aliphatic carbocycles. The van der Waals surface area contributed by atoms with E-state index in [0.29, 0.717) is 22.2 Å². The average molecular weight is 633 g/mol. The summed E-state index contributed by atoms with van der Waals surface area (Å²) in [5.74, 6) is -0.536. The Morgan fingerprint density at radius 1 is 0.905 bits per heavy atom. The van der Waals surface area contributed by atoms with Crippen LogP contribution in [0.15, 0.2) is 66.7 Å². The Morgan fingerprint density at radius 3 is 2.21 bits per heavy atom. The van der Waals surface area contributed by atoms with Crippen LogP contribution in [0.1, 0.15) is 48.9 Å². The number of carbonyl (C=O) groups excluding carboxylic acids is 2. The first-order valence-electron chi connectivity index (χ1n) is 13.9. The van der Waals surface area contributed by atoms with Gasteiger partial charge in [-0.2, -0.15) is 0 Å². The van der Waals surface area contributed by atoms with Crippen LogP contribution in [0, 0.1) is 13.8 Å². The Labute approximate surface area is 259 Å². The van der Waals surface area contributed by atoms with E-state index in [1.807, 2.05) is 76.2 Å². The Bertz CT molecular complexity index is 1500. The normalized spacial score (nSPS) is 12.2. The van der Waals surface area contributed by atoms with Crippen LogP contribution in [0.25, 0.3) is 0 Å². The number of carbonyl (C=O) groups is 2. The number of benzene rings is 3. The molecule has 3 aromatic carbocycles. The second-order valence-corrected chi connectivity index (χ2v) is 13.6. The van der Waals surface area contributed by atoms with Gasteiger partial charge in [0.25, 0.3) is 0 Å². The SMILES string of the molecule is Cc1ccc(C)c(N(CCCC(=O)N(Cc2ccc(Cl)c(Cl)c2)C(Cc2ccccc2)C(=O)NC(C)C)S(C)(=O)=O)c1. The summed E-state index contributed by atoms with van der Waals surface area (Å²) in [5.41, 5.74) is 3.99. The zero-order valence-corrected chi connectivity index (χ0v) is 27.1. The van der Waals surface area contributed by atoms with Crippen molar-refractivity contribution in [1.29, 1.82) is 0 Å². The van der Waals surface area contributed by atoms with Crippen LogP contribution in [-0.4, -0.2) is 50.0 Å². The molecule has 0 fully saturated rings. The van der Waals surface area contributed by atoms with Gasteiger partial charge in [0.1, 0.15) is 6.04 Å². The topological polar surface area (TPSA) is 86.8 Å². The number of amides is 2. The summed E-state index contributed by atoms with van der Waals surface area (Å²) in [5, 5.41) is 3.71. The Balaban J connectivity index is 1.92. The molecule has 1 unspecified atom stereocenters. The van der Waals surface area contributed by atoms with Crippen LogP contribution >= 0.6 is 23.2 Å². The van der Waals surface area contributed by atoms with Crippen LogP contribution in [0.3, 0.4) is 0 Å². The smallest absolute Gasteiger partial charge is 0.243 e. The van der Waals surface area contributed by atoms with Crippen molar-refractivity contribution < 1.29 is 18.0 Å². The first kappa shape index (κ1) is 33.4. The van der Waals surface area contributed by atoms with Gasteiger partial charge in [-0.3, -0.25) is 13.9 Å². The molecule has 0 heterocycles. The van der Waals surface area contributed by atoms with Crippen molar-refractivity contribution in [2.45, 2.75) is 65.6 Å². The van der Waals surface area contributed by atoms with Crippen molar-refractivity contribution >= 4 is 50.7 Å². The lowest BCUT2D eigenvalue weighted by Crippen LogP contribution is -2.51. The van der Waals surface area contributed by atoms with E-state index in [4.69, 9.17) is 23.2 Å². The summed E-state index contributed by atoms with van der Waals surface area (Å²) in [4.78, 5) is 29.0. The van der Waals surface area contributed by atoms with Gasteiger partial charge in [0, 0.05) is 32.0 Å². The first-order valence-corrected chi connectivity index (χ1v) is 16.5. The summed E-state index contributed by atoms with van der Waals surface area (Å²) in [7, 11) is -3.60. The Morgan fingerprint density at radius 2 is 1.60 bits per heavy atom. The molecule has 10 heteroatoms. The molecule has 226 valence electrons. The molecular formula is C32H39Cl2N3O4S. The quantitative estimate of drug-likeness (QED) is 0.239. The summed E-state index contributed by atoms with van der Waals surface area (Å²) in [6.07, 6.45) is 1.78. The lowest BCUT2D eigenvalue weighted by Gasteiger charge is -2.32. The molecule has 0 spiro atoms. The third kappa shape index (κ3) is 9.48. The van der Waals surface area contributed by atoms with Crippen LogP contribution in [0.2, 0.25) is 10.0 Å². The van der Waals surface area contributed by atoms with E-state index in [9.17, 15) is 18.0 Å². The fourth-order valence-corrected chi connectivity index (χ4v) is 6.08. The third-order valence-electron chi connectivity index (χ3n) is 6.82. The number of rotatable bonds is 13. The highest BCUT2D eigenvalue weighted by molar-refractivity contribution is 7.92. The second-order valence-electron chi connectivity index (χ2n) is 10.9. The summed E-state index contributed by atoms with van der Waals surface area (Å²) in [6.45, 7) is 7.76. The predicted octanol–water partition coefficient (Wildman–Crippen LogP) is 6.32. The molecule has 0 aliphatic heterocycles. The zero-order chi connectivity index (χ0) is 31.0. The molecule has 0 saturated carbocycles. The van der Waals surface area contributed by atoms with Gasteiger partial charge in [-0.1, -0.05) is 71.7 Å². The van der Waals surface area contributed by atoms with Gasteiger partial charge in [-0.05, 0) is 74.6 Å². The van der Waals surface area contributed by atoms with Crippen molar-refractivity contribution in [3.63, 3.8) is 0 Å². The van der Waals surface area contributed by atoms with Gasteiger partial charge in [-0.15, -0.1) is 0 Å². The van der Waals surface area contributed by atoms with Gasteiger partial charge in [0.05, 0.1) is 22.0 Å². The number of hydrogen-bond donors (Lipinski definition) is 1. The van der Waals surface area contributed by atoms with E-state index < -0.39 is 16.1 Å². The molecule has 0 bridgehead atoms. The fourth-order valence-electron chi connectivity index (χ4n) is 4.74. The fraction of sp³-hybridized carbons (Fsp3) is 0.375. The second kappa shape index (κ2) is 14.9. The highest BCUT2D eigenvalue weighted by Crippen LogP contribution is 2.26. The maximum Gasteiger partial charge on any atom is 0.243 e. The Kier molecular flexibility index (Phi) is 11.9. The van der Waals surface area contributed by atoms with Gasteiger partial charge < -0.3 is 10.2 Å². The number of sulfonamides is 1. The summed E-state index contributed by atoms with van der Waals surface area (Å²) < 4.78 is 26.9. The summed E-state index contributed by atoms with van der Waals surface area (Å²) >= 11 is 12.4. The molecule has 3 rings (SSSR count). The van der Waals surface area contributed by atoms with E-state index in [1.54, 1.807) is 23.1 Å². The molecular weight excluding hydrogens is 593 g/mol. The van der Waals surface area contributed by atoms with Crippen molar-refractivity contribution in [3.8, 4) is 0 Å². The lowest BCUT2D eigenvalue weighted by atomic mass is 10.0. The minimum Gasteiger partial charge on any atom is -0.352 e. The number of nitrogens with zero attached hydrogens (tertiary/aromatic N) is 2. The number of hydrogen-bond acceptors (Lipinski definition) is 4. The van der Waals surface area contributed by atoms with Crippen LogP contribution < -0.4 is 9.62 Å². The van der Waals surface area contributed by atoms with E-state index >= 15 is 0 Å². The van der Waals surface area contributed by atoms with Crippen LogP contribution in [-0.2, 0) is 32.6 Å². The number of nitrogens with one attached hydrogen (secondary N) is 1. The summed E-state index contributed by atoms with van der Waals surface area (Å²) in [6, 6.07) is 19.4. The lowest BCUT2D eigenvalue weighted by molar-refractivity contribution is -0.141. The van der Waals surface area contributed by atoms with Crippen molar-refractivity contribution in [3.05, 3.63) is 99.0 Å². The van der Waals surface area contributed by atoms with E-state index in [2.05, 4.69) is 5.32 Å². The third-order valence-corrected chi connectivity index (χ3v) is 8.74. The molecule has 42 heavy (non-hydrogen) atoms. The van der Waals surface area contributed by atoms with E-state index in [-0.39, 0.29) is 43.8 Å². The highest BCUT2D eigenvalue weighted by atomic mass is 35.5. The van der Waals surface area contributed by atoms with E-state index in [0.717, 1.165) is 22.3 Å². The van der Waals surface area contributed by atoms with Gasteiger partial charge in [0.2, 0.25) is 21.8 Å². The molecule has 0 aliphatic rings. The van der Waals surface area contributed by atoms with Gasteiger partial charge in [0.15, 0.2) is 0 Å². The minimum atomic E-state index is -3.60. The molecule has 2 amide bonds. The number of halogens is 2. The predicted molar refractivity (Wildman–Crippen MR) is 172 cm³/mol. The minimum absolute atomic E-state index is 0.0401. The molecule has 7 nitrogen and oxygen atoms in total. The van der Waals surface area contributed by atoms with Crippen molar-refractivity contribution in [1.82, 2.24) is 10.2 Å². The molecule has 1 N–H and O–H groups in total. The molecule has 1 atom stereocenters. The monoisotopic (exact) mass is 631 g/mol. The van der Waals surface area contributed by atoms with Gasteiger partial charge in [-0.25, -0.2) is 8.42 Å². The molecule has 0 aromatic heterocycles.